The van der Waals surface area contributed by atoms with Gasteiger partial charge >= 0.3 is 5.97 Å². The summed E-state index contributed by atoms with van der Waals surface area (Å²) in [6, 6.07) is 2.61. The Morgan fingerprint density at radius 3 is 3.00 bits per heavy atom. The lowest BCUT2D eigenvalue weighted by atomic mass is 10.4. The molecule has 1 aromatic rings. The molecule has 4 nitrogen and oxygen atoms in total. The van der Waals surface area contributed by atoms with E-state index in [2.05, 4.69) is 20.5 Å². The maximum atomic E-state index is 10.9. The molecule has 0 aliphatic heterocycles. The van der Waals surface area contributed by atoms with Crippen LogP contribution in [-0.2, 0) is 4.74 Å². The predicted octanol–water partition coefficient (Wildman–Crippen LogP) is 0.960. The Morgan fingerprint density at radius 1 is 1.82 bits per heavy atom. The summed E-state index contributed by atoms with van der Waals surface area (Å²) in [7, 11) is 0. The van der Waals surface area contributed by atoms with Gasteiger partial charge in [-0.05, 0) is 13.8 Å². The fraction of sp³-hybridized carbons (Fsp3) is 0.429. The molecule has 4 heteroatoms. The van der Waals surface area contributed by atoms with Gasteiger partial charge in [-0.15, -0.1) is 0 Å². The SMILES string of the molecule is CCOC(=O)c1[c]c(C)on1. The largest absolute Gasteiger partial charge is 0.461 e. The molecule has 0 aliphatic rings. The molecule has 1 radical (unpaired) electrons. The van der Waals surface area contributed by atoms with E-state index in [1.165, 1.54) is 0 Å². The Balaban J connectivity index is 2.69. The number of ether oxygens (including phenoxy) is 1. The molecule has 1 heterocycles. The minimum atomic E-state index is -0.496. The number of esters is 1. The third-order valence-electron chi connectivity index (χ3n) is 1.04. The summed E-state index contributed by atoms with van der Waals surface area (Å²) in [5.41, 5.74) is 0.101. The van der Waals surface area contributed by atoms with Gasteiger partial charge in [0.2, 0.25) is 0 Å². The molecule has 59 valence electrons. The average molecular weight is 154 g/mol. The van der Waals surface area contributed by atoms with Crippen molar-refractivity contribution in [1.82, 2.24) is 5.16 Å². The molecule has 0 spiro atoms. The summed E-state index contributed by atoms with van der Waals surface area (Å²) < 4.78 is 9.27. The van der Waals surface area contributed by atoms with Crippen LogP contribution in [0.5, 0.6) is 0 Å². The van der Waals surface area contributed by atoms with E-state index in [1.807, 2.05) is 0 Å². The van der Waals surface area contributed by atoms with Crippen molar-refractivity contribution in [2.24, 2.45) is 0 Å². The molecular weight excluding hydrogens is 146 g/mol. The second-order valence-corrected chi connectivity index (χ2v) is 1.93. The molecule has 0 fully saturated rings. The van der Waals surface area contributed by atoms with Crippen LogP contribution in [0.3, 0.4) is 0 Å². The minimum absolute atomic E-state index is 0.101. The number of hydrogen-bond acceptors (Lipinski definition) is 4. The van der Waals surface area contributed by atoms with Crippen molar-refractivity contribution in [1.29, 1.82) is 0 Å². The highest BCUT2D eigenvalue weighted by Gasteiger charge is 2.11. The van der Waals surface area contributed by atoms with E-state index in [1.54, 1.807) is 13.8 Å². The van der Waals surface area contributed by atoms with E-state index in [0.717, 1.165) is 0 Å². The zero-order valence-corrected chi connectivity index (χ0v) is 6.38. The molecule has 0 saturated heterocycles. The monoisotopic (exact) mass is 154 g/mol. The van der Waals surface area contributed by atoms with Gasteiger partial charge in [-0.3, -0.25) is 0 Å². The topological polar surface area (TPSA) is 52.3 Å². The number of hydrogen-bond donors (Lipinski definition) is 0. The van der Waals surface area contributed by atoms with E-state index in [9.17, 15) is 4.79 Å². The fourth-order valence-electron chi connectivity index (χ4n) is 0.614. The molecule has 0 aliphatic carbocycles. The van der Waals surface area contributed by atoms with Crippen molar-refractivity contribution in [3.05, 3.63) is 17.5 Å². The van der Waals surface area contributed by atoms with E-state index in [0.29, 0.717) is 12.4 Å². The molecule has 1 rings (SSSR count). The standard InChI is InChI=1S/C7H8NO3/c1-3-10-7(9)6-4-5(2)11-8-6/h3H2,1-2H3. The van der Waals surface area contributed by atoms with Crippen LogP contribution in [-0.4, -0.2) is 17.7 Å². The van der Waals surface area contributed by atoms with Gasteiger partial charge in [-0.2, -0.15) is 0 Å². The highest BCUT2D eigenvalue weighted by Crippen LogP contribution is 2.01. The quantitative estimate of drug-likeness (QED) is 0.595. The van der Waals surface area contributed by atoms with Crippen LogP contribution < -0.4 is 0 Å². The number of rotatable bonds is 2. The summed E-state index contributed by atoms with van der Waals surface area (Å²) in [4.78, 5) is 10.9. The van der Waals surface area contributed by atoms with Gasteiger partial charge in [0.15, 0.2) is 5.69 Å². The molecule has 0 saturated carbocycles. The van der Waals surface area contributed by atoms with Gasteiger partial charge in [0, 0.05) is 0 Å². The molecular formula is C7H8NO3. The highest BCUT2D eigenvalue weighted by molar-refractivity contribution is 5.86. The van der Waals surface area contributed by atoms with Gasteiger partial charge in [0.1, 0.15) is 5.76 Å². The van der Waals surface area contributed by atoms with Crippen LogP contribution in [0.15, 0.2) is 4.52 Å². The maximum Gasteiger partial charge on any atom is 0.361 e. The van der Waals surface area contributed by atoms with Crippen LogP contribution in [0.2, 0.25) is 0 Å². The average Bonchev–Trinajstić information content (AvgIpc) is 2.36. The fourth-order valence-corrected chi connectivity index (χ4v) is 0.614. The zero-order chi connectivity index (χ0) is 8.27. The summed E-state index contributed by atoms with van der Waals surface area (Å²) in [5, 5.41) is 3.43. The number of aromatic nitrogens is 1. The Labute approximate surface area is 64.1 Å². The summed E-state index contributed by atoms with van der Waals surface area (Å²) in [6.45, 7) is 3.72. The Hall–Kier alpha value is -1.32. The van der Waals surface area contributed by atoms with E-state index >= 15 is 0 Å². The lowest BCUT2D eigenvalue weighted by molar-refractivity contribution is 0.0514. The van der Waals surface area contributed by atoms with Crippen LogP contribution in [0.4, 0.5) is 0 Å². The van der Waals surface area contributed by atoms with E-state index in [4.69, 9.17) is 0 Å². The molecule has 0 N–H and O–H groups in total. The van der Waals surface area contributed by atoms with Crippen LogP contribution in [0.25, 0.3) is 0 Å². The minimum Gasteiger partial charge on any atom is -0.461 e. The summed E-state index contributed by atoms with van der Waals surface area (Å²) >= 11 is 0. The van der Waals surface area contributed by atoms with Crippen LogP contribution >= 0.6 is 0 Å². The normalized spacial score (nSPS) is 9.64. The van der Waals surface area contributed by atoms with Gasteiger partial charge in [-0.25, -0.2) is 4.79 Å². The molecule has 0 bridgehead atoms. The van der Waals surface area contributed by atoms with Crippen molar-refractivity contribution in [3.63, 3.8) is 0 Å². The maximum absolute atomic E-state index is 10.9. The number of nitrogens with zero attached hydrogens (tertiary/aromatic N) is 1. The summed E-state index contributed by atoms with van der Waals surface area (Å²) in [5.74, 6) is -0.0163. The number of aryl methyl sites for hydroxylation is 1. The number of carbonyl (C=O) groups excluding carboxylic acids is 1. The Kier molecular flexibility index (Phi) is 2.25. The molecule has 1 aromatic heterocycles. The molecule has 0 unspecified atom stereocenters. The van der Waals surface area contributed by atoms with Crippen molar-refractivity contribution < 1.29 is 14.1 Å². The lowest BCUT2D eigenvalue weighted by Crippen LogP contribution is -2.04. The first-order chi connectivity index (χ1) is 5.24. The number of carbonyl (C=O) groups is 1. The van der Waals surface area contributed by atoms with E-state index < -0.39 is 5.97 Å². The summed E-state index contributed by atoms with van der Waals surface area (Å²) in [6.07, 6.45) is 0. The second kappa shape index (κ2) is 3.18. The van der Waals surface area contributed by atoms with Gasteiger partial charge in [-0.1, -0.05) is 5.16 Å². The van der Waals surface area contributed by atoms with Crippen LogP contribution in [0.1, 0.15) is 23.2 Å². The first kappa shape index (κ1) is 7.78. The smallest absolute Gasteiger partial charge is 0.361 e. The predicted molar refractivity (Wildman–Crippen MR) is 36.0 cm³/mol. The lowest BCUT2D eigenvalue weighted by Gasteiger charge is -1.93. The Bertz CT molecular complexity index is 254. The van der Waals surface area contributed by atoms with Crippen molar-refractivity contribution >= 4 is 5.97 Å². The Morgan fingerprint density at radius 2 is 2.55 bits per heavy atom. The third-order valence-corrected chi connectivity index (χ3v) is 1.04. The van der Waals surface area contributed by atoms with Crippen molar-refractivity contribution in [2.75, 3.05) is 6.61 Å². The van der Waals surface area contributed by atoms with Gasteiger partial charge in [0.25, 0.3) is 0 Å². The van der Waals surface area contributed by atoms with E-state index in [-0.39, 0.29) is 5.69 Å². The molecule has 0 aromatic carbocycles. The molecule has 11 heavy (non-hydrogen) atoms. The van der Waals surface area contributed by atoms with Gasteiger partial charge < -0.3 is 9.26 Å². The van der Waals surface area contributed by atoms with Crippen molar-refractivity contribution in [2.45, 2.75) is 13.8 Å². The third kappa shape index (κ3) is 1.80. The van der Waals surface area contributed by atoms with Crippen molar-refractivity contribution in [3.8, 4) is 0 Å². The van der Waals surface area contributed by atoms with Crippen LogP contribution in [0, 0.1) is 13.0 Å². The highest BCUT2D eigenvalue weighted by atomic mass is 16.5. The first-order valence-electron chi connectivity index (χ1n) is 3.26. The zero-order valence-electron chi connectivity index (χ0n) is 6.38. The van der Waals surface area contributed by atoms with Gasteiger partial charge in [0.05, 0.1) is 12.7 Å². The second-order valence-electron chi connectivity index (χ2n) is 1.93. The molecule has 0 atom stereocenters. The molecule has 0 amide bonds. The first-order valence-corrected chi connectivity index (χ1v) is 3.26.